The highest BCUT2D eigenvalue weighted by atomic mass is 79.9. The molecular formula is C16H19BrF2N2O2. The van der Waals surface area contributed by atoms with Crippen molar-refractivity contribution in [1.29, 1.82) is 0 Å². The first-order valence-electron chi connectivity index (χ1n) is 7.69. The van der Waals surface area contributed by atoms with E-state index in [-0.39, 0.29) is 18.2 Å². The summed E-state index contributed by atoms with van der Waals surface area (Å²) in [5.74, 6) is -0.697. The summed E-state index contributed by atoms with van der Waals surface area (Å²) in [6.07, 6.45) is -2.22. The van der Waals surface area contributed by atoms with Gasteiger partial charge in [-0.05, 0) is 31.0 Å². The van der Waals surface area contributed by atoms with Gasteiger partial charge in [-0.3, -0.25) is 0 Å². The van der Waals surface area contributed by atoms with Gasteiger partial charge >= 0.3 is 6.03 Å². The van der Waals surface area contributed by atoms with E-state index in [1.807, 2.05) is 31.2 Å². The van der Waals surface area contributed by atoms with Crippen LogP contribution in [0.3, 0.4) is 0 Å². The maximum Gasteiger partial charge on any atom is 0.318 e. The van der Waals surface area contributed by atoms with Crippen molar-refractivity contribution in [3.63, 3.8) is 0 Å². The van der Waals surface area contributed by atoms with E-state index in [0.717, 1.165) is 10.0 Å². The quantitative estimate of drug-likeness (QED) is 0.859. The van der Waals surface area contributed by atoms with E-state index >= 15 is 0 Å². The number of halogens is 3. The molecule has 0 spiro atoms. The lowest BCUT2D eigenvalue weighted by atomic mass is 10.0. The van der Waals surface area contributed by atoms with E-state index in [1.54, 1.807) is 4.90 Å². The van der Waals surface area contributed by atoms with Crippen LogP contribution in [0.1, 0.15) is 25.0 Å². The van der Waals surface area contributed by atoms with Gasteiger partial charge in [0.1, 0.15) is 6.10 Å². The van der Waals surface area contributed by atoms with Gasteiger partial charge in [0.05, 0.1) is 12.6 Å². The standard InChI is InChI=1S/C16H19BrF2N2O2/c1-9-14(10-2-4-11(17)5-3-10)23-7-6-21(9)16(22)20-13-8-12(13)15(18)19/h2-5,9,12-15H,6-8H2,1H3,(H,20,22)/t9-,12+,13-,14+/m1/s1. The minimum absolute atomic E-state index is 0.159. The third-order valence-corrected chi connectivity index (χ3v) is 5.02. The molecule has 1 aromatic carbocycles. The average Bonchev–Trinajstić information content (AvgIpc) is 3.28. The first kappa shape index (κ1) is 16.6. The van der Waals surface area contributed by atoms with Crippen LogP contribution in [0.5, 0.6) is 0 Å². The summed E-state index contributed by atoms with van der Waals surface area (Å²) in [6, 6.07) is 6.94. The van der Waals surface area contributed by atoms with E-state index in [9.17, 15) is 13.6 Å². The van der Waals surface area contributed by atoms with Gasteiger partial charge in [-0.15, -0.1) is 0 Å². The fraction of sp³-hybridized carbons (Fsp3) is 0.562. The number of hydrogen-bond donors (Lipinski definition) is 1. The number of urea groups is 1. The van der Waals surface area contributed by atoms with Crippen molar-refractivity contribution in [2.24, 2.45) is 5.92 Å². The predicted octanol–water partition coefficient (Wildman–Crippen LogP) is 3.57. The Hall–Kier alpha value is -1.21. The molecule has 1 aliphatic heterocycles. The highest BCUT2D eigenvalue weighted by Gasteiger charge is 2.46. The maximum absolute atomic E-state index is 12.6. The number of benzene rings is 1. The number of nitrogens with one attached hydrogen (secondary N) is 1. The monoisotopic (exact) mass is 388 g/mol. The zero-order valence-corrected chi connectivity index (χ0v) is 14.3. The van der Waals surface area contributed by atoms with Gasteiger partial charge in [0.15, 0.2) is 0 Å². The Morgan fingerprint density at radius 3 is 2.70 bits per heavy atom. The molecule has 1 aromatic rings. The molecule has 1 heterocycles. The van der Waals surface area contributed by atoms with Crippen molar-refractivity contribution in [2.75, 3.05) is 13.2 Å². The lowest BCUT2D eigenvalue weighted by Crippen LogP contribution is -2.53. The molecule has 23 heavy (non-hydrogen) atoms. The second-order valence-corrected chi connectivity index (χ2v) is 6.98. The second kappa shape index (κ2) is 6.73. The number of ether oxygens (including phenoxy) is 1. The first-order chi connectivity index (χ1) is 11.0. The van der Waals surface area contributed by atoms with Crippen LogP contribution >= 0.6 is 15.9 Å². The van der Waals surface area contributed by atoms with Gasteiger partial charge in [-0.25, -0.2) is 13.6 Å². The Bertz CT molecular complexity index is 570. The maximum atomic E-state index is 12.6. The van der Waals surface area contributed by atoms with Crippen LogP contribution < -0.4 is 5.32 Å². The average molecular weight is 389 g/mol. The van der Waals surface area contributed by atoms with E-state index in [4.69, 9.17) is 4.74 Å². The summed E-state index contributed by atoms with van der Waals surface area (Å²) in [6.45, 7) is 2.82. The number of nitrogens with zero attached hydrogens (tertiary/aromatic N) is 1. The van der Waals surface area contributed by atoms with Crippen molar-refractivity contribution in [2.45, 2.75) is 38.0 Å². The van der Waals surface area contributed by atoms with E-state index in [2.05, 4.69) is 21.2 Å². The largest absolute Gasteiger partial charge is 0.370 e. The second-order valence-electron chi connectivity index (χ2n) is 6.07. The number of hydrogen-bond acceptors (Lipinski definition) is 2. The number of alkyl halides is 2. The molecule has 7 heteroatoms. The molecule has 1 saturated heterocycles. The van der Waals surface area contributed by atoms with Crippen LogP contribution in [0.15, 0.2) is 28.7 Å². The van der Waals surface area contributed by atoms with Crippen LogP contribution in [-0.4, -0.2) is 42.6 Å². The molecule has 0 radical (unpaired) electrons. The fourth-order valence-corrected chi connectivity index (χ4v) is 3.26. The zero-order chi connectivity index (χ0) is 16.6. The Balaban J connectivity index is 1.64. The van der Waals surface area contributed by atoms with Crippen LogP contribution in [-0.2, 0) is 4.74 Å². The Kier molecular flexibility index (Phi) is 4.87. The molecule has 4 atom stereocenters. The molecule has 1 saturated carbocycles. The van der Waals surface area contributed by atoms with Gasteiger partial charge in [-0.2, -0.15) is 0 Å². The van der Waals surface area contributed by atoms with Gasteiger partial charge < -0.3 is 15.0 Å². The molecule has 1 aliphatic carbocycles. The Morgan fingerprint density at radius 2 is 2.09 bits per heavy atom. The van der Waals surface area contributed by atoms with Gasteiger partial charge in [0, 0.05) is 23.0 Å². The summed E-state index contributed by atoms with van der Waals surface area (Å²) in [5.41, 5.74) is 0.995. The smallest absolute Gasteiger partial charge is 0.318 e. The third-order valence-electron chi connectivity index (χ3n) is 4.49. The highest BCUT2D eigenvalue weighted by Crippen LogP contribution is 2.36. The summed E-state index contributed by atoms with van der Waals surface area (Å²) >= 11 is 3.39. The lowest BCUT2D eigenvalue weighted by Gasteiger charge is -2.39. The SMILES string of the molecule is C[C@@H]1[C@@H](c2ccc(Br)cc2)OCCN1C(=O)N[C@@H]1C[C@@H]1C(F)F. The molecule has 4 nitrogen and oxygen atoms in total. The van der Waals surface area contributed by atoms with Gasteiger partial charge in [-0.1, -0.05) is 28.1 Å². The Labute approximate surface area is 142 Å². The normalized spacial score (nSPS) is 30.4. The molecule has 0 aromatic heterocycles. The van der Waals surface area contributed by atoms with E-state index < -0.39 is 18.4 Å². The van der Waals surface area contributed by atoms with Crippen LogP contribution in [0.4, 0.5) is 13.6 Å². The summed E-state index contributed by atoms with van der Waals surface area (Å²) in [4.78, 5) is 14.0. The number of amides is 2. The zero-order valence-electron chi connectivity index (χ0n) is 12.7. The summed E-state index contributed by atoms with van der Waals surface area (Å²) in [5, 5.41) is 2.71. The number of carbonyl (C=O) groups excluding carboxylic acids is 1. The molecule has 0 unspecified atom stereocenters. The van der Waals surface area contributed by atoms with Crippen LogP contribution in [0, 0.1) is 5.92 Å². The van der Waals surface area contributed by atoms with Crippen molar-refractivity contribution in [3.8, 4) is 0 Å². The molecule has 1 N–H and O–H groups in total. The molecule has 2 amide bonds. The lowest BCUT2D eigenvalue weighted by molar-refractivity contribution is -0.0499. The van der Waals surface area contributed by atoms with Gasteiger partial charge in [0.2, 0.25) is 6.43 Å². The van der Waals surface area contributed by atoms with E-state index in [1.165, 1.54) is 0 Å². The van der Waals surface area contributed by atoms with Crippen molar-refractivity contribution < 1.29 is 18.3 Å². The number of morpholine rings is 1. The Morgan fingerprint density at radius 1 is 1.39 bits per heavy atom. The molecule has 0 bridgehead atoms. The summed E-state index contributed by atoms with van der Waals surface area (Å²) < 4.78 is 31.9. The van der Waals surface area contributed by atoms with E-state index in [0.29, 0.717) is 19.6 Å². The molecule has 3 rings (SSSR count). The summed E-state index contributed by atoms with van der Waals surface area (Å²) in [7, 11) is 0. The van der Waals surface area contributed by atoms with Crippen molar-refractivity contribution in [1.82, 2.24) is 10.2 Å². The molecule has 2 aliphatic rings. The fourth-order valence-electron chi connectivity index (χ4n) is 3.00. The van der Waals surface area contributed by atoms with Crippen molar-refractivity contribution >= 4 is 22.0 Å². The van der Waals surface area contributed by atoms with Gasteiger partial charge in [0.25, 0.3) is 0 Å². The number of carbonyl (C=O) groups is 1. The molecular weight excluding hydrogens is 370 g/mol. The molecule has 2 fully saturated rings. The minimum Gasteiger partial charge on any atom is -0.370 e. The third kappa shape index (κ3) is 3.66. The molecule has 126 valence electrons. The van der Waals surface area contributed by atoms with Crippen molar-refractivity contribution in [3.05, 3.63) is 34.3 Å². The topological polar surface area (TPSA) is 41.6 Å². The first-order valence-corrected chi connectivity index (χ1v) is 8.49. The predicted molar refractivity (Wildman–Crippen MR) is 85.4 cm³/mol. The number of rotatable bonds is 3. The van der Waals surface area contributed by atoms with Crippen LogP contribution in [0.2, 0.25) is 0 Å². The highest BCUT2D eigenvalue weighted by molar-refractivity contribution is 9.10. The van der Waals surface area contributed by atoms with Crippen LogP contribution in [0.25, 0.3) is 0 Å². The minimum atomic E-state index is -2.36.